The minimum absolute atomic E-state index is 0.270. The van der Waals surface area contributed by atoms with Crippen molar-refractivity contribution in [2.45, 2.75) is 6.92 Å². The third kappa shape index (κ3) is 3.70. The van der Waals surface area contributed by atoms with Gasteiger partial charge in [0.2, 0.25) is 0 Å². The Balaban J connectivity index is 2.04. The number of carbonyl (C=O) groups excluding carboxylic acids is 1. The summed E-state index contributed by atoms with van der Waals surface area (Å²) in [6, 6.07) is 0. The zero-order chi connectivity index (χ0) is 13.8. The highest BCUT2D eigenvalue weighted by atomic mass is 32.1. The number of thiazole rings is 2. The first-order chi connectivity index (χ1) is 9.04. The molecule has 0 fully saturated rings. The smallest absolute Gasteiger partial charge is 0.328 e. The Kier molecular flexibility index (Phi) is 4.03. The highest BCUT2D eigenvalue weighted by Crippen LogP contribution is 2.21. The van der Waals surface area contributed by atoms with E-state index in [-0.39, 0.29) is 5.91 Å². The van der Waals surface area contributed by atoms with Crippen LogP contribution >= 0.6 is 22.7 Å². The molecule has 0 unspecified atom stereocenters. The van der Waals surface area contributed by atoms with E-state index in [9.17, 15) is 9.59 Å². The van der Waals surface area contributed by atoms with E-state index in [1.54, 1.807) is 0 Å². The van der Waals surface area contributed by atoms with Gasteiger partial charge in [-0.2, -0.15) is 0 Å². The normalized spacial score (nSPS) is 10.8. The van der Waals surface area contributed by atoms with Gasteiger partial charge in [-0.3, -0.25) is 10.1 Å². The summed E-state index contributed by atoms with van der Waals surface area (Å²) in [4.78, 5) is 31.3. The van der Waals surface area contributed by atoms with E-state index in [1.807, 2.05) is 6.92 Å². The maximum absolute atomic E-state index is 11.8. The molecule has 0 bridgehead atoms. The maximum Gasteiger partial charge on any atom is 0.328 e. The van der Waals surface area contributed by atoms with Crippen molar-refractivity contribution in [3.05, 3.63) is 33.2 Å². The predicted molar refractivity (Wildman–Crippen MR) is 73.6 cm³/mol. The third-order valence-corrected chi connectivity index (χ3v) is 3.77. The number of nitrogens with one attached hydrogen (secondary N) is 1. The molecule has 1 amide bonds. The standard InChI is InChI=1S/C11H9N3O3S2/c1-6-12-5-8(18-6)10(17)14-11-13-4-7(19-11)2-3-9(15)16/h2-5H,1H3,(H,15,16)(H,13,14,17)/b3-2+. The van der Waals surface area contributed by atoms with E-state index in [4.69, 9.17) is 5.11 Å². The van der Waals surface area contributed by atoms with E-state index in [0.717, 1.165) is 11.1 Å². The van der Waals surface area contributed by atoms with Crippen LogP contribution in [0.5, 0.6) is 0 Å². The van der Waals surface area contributed by atoms with Crippen molar-refractivity contribution in [1.82, 2.24) is 9.97 Å². The Labute approximate surface area is 116 Å². The first kappa shape index (κ1) is 13.4. The molecule has 8 heteroatoms. The zero-order valence-electron chi connectivity index (χ0n) is 9.78. The molecule has 6 nitrogen and oxygen atoms in total. The summed E-state index contributed by atoms with van der Waals surface area (Å²) >= 11 is 2.49. The number of aliphatic carboxylic acids is 1. The van der Waals surface area contributed by atoms with Crippen molar-refractivity contribution in [2.24, 2.45) is 0 Å². The van der Waals surface area contributed by atoms with Crippen LogP contribution in [0.15, 0.2) is 18.5 Å². The number of carboxylic acid groups (broad SMARTS) is 1. The molecule has 0 atom stereocenters. The van der Waals surface area contributed by atoms with Crippen LogP contribution < -0.4 is 5.32 Å². The fraction of sp³-hybridized carbons (Fsp3) is 0.0909. The van der Waals surface area contributed by atoms with Gasteiger partial charge in [0.25, 0.3) is 5.91 Å². The van der Waals surface area contributed by atoms with Crippen molar-refractivity contribution in [3.63, 3.8) is 0 Å². The average Bonchev–Trinajstić information content (AvgIpc) is 2.95. The number of carbonyl (C=O) groups is 2. The number of nitrogens with zero attached hydrogens (tertiary/aromatic N) is 2. The number of aromatic nitrogens is 2. The van der Waals surface area contributed by atoms with Crippen molar-refractivity contribution >= 4 is 45.8 Å². The highest BCUT2D eigenvalue weighted by Gasteiger charge is 2.11. The Bertz CT molecular complexity index is 645. The monoisotopic (exact) mass is 295 g/mol. The number of rotatable bonds is 4. The van der Waals surface area contributed by atoms with Gasteiger partial charge in [0, 0.05) is 17.2 Å². The van der Waals surface area contributed by atoms with Crippen LogP contribution in [0.25, 0.3) is 6.08 Å². The van der Waals surface area contributed by atoms with E-state index in [1.165, 1.54) is 41.1 Å². The molecule has 0 aliphatic carbocycles. The lowest BCUT2D eigenvalue weighted by molar-refractivity contribution is -0.131. The number of amides is 1. The molecule has 0 aliphatic rings. The summed E-state index contributed by atoms with van der Waals surface area (Å²) < 4.78 is 0. The first-order valence-electron chi connectivity index (χ1n) is 5.15. The minimum Gasteiger partial charge on any atom is -0.478 e. The molecular weight excluding hydrogens is 286 g/mol. The second-order valence-electron chi connectivity index (χ2n) is 3.44. The molecule has 19 heavy (non-hydrogen) atoms. The topological polar surface area (TPSA) is 92.2 Å². The van der Waals surface area contributed by atoms with Gasteiger partial charge >= 0.3 is 5.97 Å². The Morgan fingerprint density at radius 3 is 2.74 bits per heavy atom. The molecule has 2 aromatic rings. The van der Waals surface area contributed by atoms with E-state index in [0.29, 0.717) is 14.9 Å². The average molecular weight is 295 g/mol. The van der Waals surface area contributed by atoms with Crippen LogP contribution in [0.3, 0.4) is 0 Å². The summed E-state index contributed by atoms with van der Waals surface area (Å²) in [6.07, 6.45) is 5.45. The number of anilines is 1. The van der Waals surface area contributed by atoms with Gasteiger partial charge in [0.05, 0.1) is 11.2 Å². The van der Waals surface area contributed by atoms with E-state index >= 15 is 0 Å². The van der Waals surface area contributed by atoms with Crippen LogP contribution in [0.2, 0.25) is 0 Å². The fourth-order valence-electron chi connectivity index (χ4n) is 1.20. The summed E-state index contributed by atoms with van der Waals surface area (Å²) in [6.45, 7) is 1.82. The summed E-state index contributed by atoms with van der Waals surface area (Å²) in [5.41, 5.74) is 0. The van der Waals surface area contributed by atoms with E-state index in [2.05, 4.69) is 15.3 Å². The molecule has 0 radical (unpaired) electrons. The SMILES string of the molecule is Cc1ncc(C(=O)Nc2ncc(/C=C/C(=O)O)s2)s1. The van der Waals surface area contributed by atoms with Gasteiger partial charge in [-0.25, -0.2) is 14.8 Å². The molecule has 98 valence electrons. The summed E-state index contributed by atoms with van der Waals surface area (Å²) in [7, 11) is 0. The van der Waals surface area contributed by atoms with Crippen LogP contribution in [0.1, 0.15) is 19.6 Å². The van der Waals surface area contributed by atoms with Crippen molar-refractivity contribution in [2.75, 3.05) is 5.32 Å². The zero-order valence-corrected chi connectivity index (χ0v) is 11.4. The molecule has 0 aliphatic heterocycles. The van der Waals surface area contributed by atoms with Crippen LogP contribution in [-0.2, 0) is 4.79 Å². The third-order valence-electron chi connectivity index (χ3n) is 1.98. The van der Waals surface area contributed by atoms with Gasteiger partial charge in [-0.05, 0) is 13.0 Å². The molecule has 0 spiro atoms. The Hall–Kier alpha value is -2.06. The summed E-state index contributed by atoms with van der Waals surface area (Å²) in [5.74, 6) is -1.30. The minimum atomic E-state index is -1.03. The molecule has 0 saturated heterocycles. The van der Waals surface area contributed by atoms with Gasteiger partial charge in [-0.1, -0.05) is 11.3 Å². The van der Waals surface area contributed by atoms with Gasteiger partial charge in [0.15, 0.2) is 5.13 Å². The Morgan fingerprint density at radius 1 is 1.32 bits per heavy atom. The quantitative estimate of drug-likeness (QED) is 0.844. The highest BCUT2D eigenvalue weighted by molar-refractivity contribution is 7.17. The van der Waals surface area contributed by atoms with Gasteiger partial charge in [-0.15, -0.1) is 11.3 Å². The van der Waals surface area contributed by atoms with Crippen molar-refractivity contribution in [3.8, 4) is 0 Å². The number of carboxylic acids is 1. The lowest BCUT2D eigenvalue weighted by atomic mass is 10.4. The molecule has 0 aromatic carbocycles. The fourth-order valence-corrected chi connectivity index (χ4v) is 2.59. The molecule has 0 saturated carbocycles. The predicted octanol–water partition coefficient (Wildman–Crippen LogP) is 2.26. The first-order valence-corrected chi connectivity index (χ1v) is 6.78. The molecule has 2 N–H and O–H groups in total. The van der Waals surface area contributed by atoms with Gasteiger partial charge < -0.3 is 5.11 Å². The number of aryl methyl sites for hydroxylation is 1. The molecule has 2 rings (SSSR count). The van der Waals surface area contributed by atoms with Crippen molar-refractivity contribution in [1.29, 1.82) is 0 Å². The lowest BCUT2D eigenvalue weighted by Gasteiger charge is -1.96. The Morgan fingerprint density at radius 2 is 2.11 bits per heavy atom. The van der Waals surface area contributed by atoms with Crippen LogP contribution in [0, 0.1) is 6.92 Å². The maximum atomic E-state index is 11.8. The number of hydrogen-bond acceptors (Lipinski definition) is 6. The van der Waals surface area contributed by atoms with Crippen molar-refractivity contribution < 1.29 is 14.7 Å². The second-order valence-corrected chi connectivity index (χ2v) is 5.73. The second kappa shape index (κ2) is 5.72. The number of hydrogen-bond donors (Lipinski definition) is 2. The lowest BCUT2D eigenvalue weighted by Crippen LogP contribution is -2.09. The molecular formula is C11H9N3O3S2. The van der Waals surface area contributed by atoms with E-state index < -0.39 is 5.97 Å². The molecule has 2 heterocycles. The van der Waals surface area contributed by atoms with Crippen LogP contribution in [-0.4, -0.2) is 27.0 Å². The summed E-state index contributed by atoms with van der Waals surface area (Å²) in [5, 5.41) is 12.4. The van der Waals surface area contributed by atoms with Crippen LogP contribution in [0.4, 0.5) is 5.13 Å². The molecule has 2 aromatic heterocycles. The largest absolute Gasteiger partial charge is 0.478 e. The van der Waals surface area contributed by atoms with Gasteiger partial charge in [0.1, 0.15) is 4.88 Å².